The Bertz CT molecular complexity index is 429. The van der Waals surface area contributed by atoms with E-state index in [1.54, 1.807) is 24.3 Å². The van der Waals surface area contributed by atoms with E-state index in [4.69, 9.17) is 15.8 Å². The van der Waals surface area contributed by atoms with Gasteiger partial charge in [0.1, 0.15) is 5.92 Å². The summed E-state index contributed by atoms with van der Waals surface area (Å²) in [5.41, 5.74) is 1.28. The third kappa shape index (κ3) is 2.09. The van der Waals surface area contributed by atoms with Crippen molar-refractivity contribution in [2.45, 2.75) is 6.42 Å². The van der Waals surface area contributed by atoms with Gasteiger partial charge in [0.2, 0.25) is 0 Å². The summed E-state index contributed by atoms with van der Waals surface area (Å²) in [6.07, 6.45) is 0.316. The van der Waals surface area contributed by atoms with Gasteiger partial charge in [-0.1, -0.05) is 18.2 Å². The molecule has 0 fully saturated rings. The van der Waals surface area contributed by atoms with Gasteiger partial charge in [0.25, 0.3) is 0 Å². The maximum atomic E-state index is 8.76. The molecule has 3 heteroatoms. The van der Waals surface area contributed by atoms with Crippen molar-refractivity contribution in [1.29, 1.82) is 15.8 Å². The SMILES string of the molecule is N#Cc1ccccc1CC(C#N)C#N. The van der Waals surface area contributed by atoms with Crippen molar-refractivity contribution in [2.24, 2.45) is 5.92 Å². The van der Waals surface area contributed by atoms with Crippen LogP contribution in [0.2, 0.25) is 0 Å². The molecule has 0 aliphatic heterocycles. The van der Waals surface area contributed by atoms with Crippen LogP contribution in [0.5, 0.6) is 0 Å². The molecule has 14 heavy (non-hydrogen) atoms. The Balaban J connectivity index is 2.94. The van der Waals surface area contributed by atoms with E-state index >= 15 is 0 Å². The van der Waals surface area contributed by atoms with Gasteiger partial charge in [-0.05, 0) is 11.6 Å². The number of hydrogen-bond donors (Lipinski definition) is 0. The lowest BCUT2D eigenvalue weighted by Gasteiger charge is -2.02. The Labute approximate surface area is 82.4 Å². The molecule has 0 heterocycles. The lowest BCUT2D eigenvalue weighted by Crippen LogP contribution is -2.00. The first-order valence-corrected chi connectivity index (χ1v) is 4.09. The highest BCUT2D eigenvalue weighted by Crippen LogP contribution is 2.12. The normalized spacial score (nSPS) is 8.71. The molecular weight excluding hydrogens is 174 g/mol. The summed E-state index contributed by atoms with van der Waals surface area (Å²) < 4.78 is 0. The second-order valence-corrected chi connectivity index (χ2v) is 2.78. The van der Waals surface area contributed by atoms with Crippen molar-refractivity contribution in [2.75, 3.05) is 0 Å². The van der Waals surface area contributed by atoms with E-state index in [9.17, 15) is 0 Å². The first-order chi connectivity index (χ1) is 6.81. The van der Waals surface area contributed by atoms with Crippen molar-refractivity contribution < 1.29 is 0 Å². The molecule has 0 N–H and O–H groups in total. The first kappa shape index (κ1) is 9.78. The molecule has 3 nitrogen and oxygen atoms in total. The van der Waals surface area contributed by atoms with E-state index < -0.39 is 5.92 Å². The Morgan fingerprint density at radius 3 is 2.29 bits per heavy atom. The second kappa shape index (κ2) is 4.65. The third-order valence-electron chi connectivity index (χ3n) is 1.87. The highest BCUT2D eigenvalue weighted by Gasteiger charge is 2.09. The van der Waals surface area contributed by atoms with Gasteiger partial charge in [0, 0.05) is 6.42 Å². The monoisotopic (exact) mass is 181 g/mol. The summed E-state index contributed by atoms with van der Waals surface area (Å²) in [6, 6.07) is 12.8. The minimum absolute atomic E-state index is 0.316. The van der Waals surface area contributed by atoms with Crippen molar-refractivity contribution in [3.05, 3.63) is 35.4 Å². The Morgan fingerprint density at radius 1 is 1.07 bits per heavy atom. The molecule has 1 rings (SSSR count). The number of rotatable bonds is 2. The first-order valence-electron chi connectivity index (χ1n) is 4.09. The molecular formula is C11H7N3. The van der Waals surface area contributed by atoms with Crippen LogP contribution in [0.3, 0.4) is 0 Å². The molecule has 0 aliphatic rings. The van der Waals surface area contributed by atoms with Crippen LogP contribution < -0.4 is 0 Å². The summed E-state index contributed by atoms with van der Waals surface area (Å²) >= 11 is 0. The van der Waals surface area contributed by atoms with Crippen molar-refractivity contribution in [1.82, 2.24) is 0 Å². The molecule has 0 bridgehead atoms. The highest BCUT2D eigenvalue weighted by atomic mass is 14.3. The number of nitriles is 3. The molecule has 66 valence electrons. The average molecular weight is 181 g/mol. The van der Waals surface area contributed by atoms with Crippen molar-refractivity contribution >= 4 is 0 Å². The van der Waals surface area contributed by atoms with Gasteiger partial charge in [0.15, 0.2) is 0 Å². The van der Waals surface area contributed by atoms with Crippen LogP contribution in [0.25, 0.3) is 0 Å². The van der Waals surface area contributed by atoms with E-state index in [0.717, 1.165) is 5.56 Å². The highest BCUT2D eigenvalue weighted by molar-refractivity contribution is 5.38. The number of nitrogens with zero attached hydrogens (tertiary/aromatic N) is 3. The molecule has 0 aliphatic carbocycles. The van der Waals surface area contributed by atoms with Crippen LogP contribution >= 0.6 is 0 Å². The van der Waals surface area contributed by atoms with E-state index in [1.165, 1.54) is 0 Å². The minimum atomic E-state index is -0.676. The maximum Gasteiger partial charge on any atom is 0.137 e. The van der Waals surface area contributed by atoms with Gasteiger partial charge in [-0.15, -0.1) is 0 Å². The predicted octanol–water partition coefficient (Wildman–Crippen LogP) is 1.76. The summed E-state index contributed by atoms with van der Waals surface area (Å²) in [4.78, 5) is 0. The molecule has 0 radical (unpaired) electrons. The Kier molecular flexibility index (Phi) is 3.25. The van der Waals surface area contributed by atoms with Gasteiger partial charge in [-0.3, -0.25) is 0 Å². The summed E-state index contributed by atoms with van der Waals surface area (Å²) in [6.45, 7) is 0. The van der Waals surface area contributed by atoms with Crippen LogP contribution in [0.1, 0.15) is 11.1 Å². The fourth-order valence-corrected chi connectivity index (χ4v) is 1.15. The van der Waals surface area contributed by atoms with Gasteiger partial charge in [0.05, 0.1) is 23.8 Å². The molecule has 0 spiro atoms. The molecule has 0 saturated heterocycles. The van der Waals surface area contributed by atoms with Crippen LogP contribution in [0, 0.1) is 39.9 Å². The fraction of sp³-hybridized carbons (Fsp3) is 0.182. The van der Waals surface area contributed by atoms with E-state index in [1.807, 2.05) is 18.2 Å². The summed E-state index contributed by atoms with van der Waals surface area (Å²) in [5.74, 6) is -0.676. The van der Waals surface area contributed by atoms with Gasteiger partial charge in [-0.2, -0.15) is 15.8 Å². The second-order valence-electron chi connectivity index (χ2n) is 2.78. The lowest BCUT2D eigenvalue weighted by atomic mass is 9.98. The Morgan fingerprint density at radius 2 is 1.71 bits per heavy atom. The molecule has 0 atom stereocenters. The zero-order valence-corrected chi connectivity index (χ0v) is 7.44. The van der Waals surface area contributed by atoms with Gasteiger partial charge >= 0.3 is 0 Å². The van der Waals surface area contributed by atoms with Crippen LogP contribution in [-0.2, 0) is 6.42 Å². The van der Waals surface area contributed by atoms with E-state index in [2.05, 4.69) is 0 Å². The van der Waals surface area contributed by atoms with E-state index in [-0.39, 0.29) is 0 Å². The largest absolute Gasteiger partial charge is 0.197 e. The third-order valence-corrected chi connectivity index (χ3v) is 1.87. The molecule has 1 aromatic carbocycles. The fourth-order valence-electron chi connectivity index (χ4n) is 1.15. The average Bonchev–Trinajstić information content (AvgIpc) is 2.26. The molecule has 0 unspecified atom stereocenters. The molecule has 0 amide bonds. The predicted molar refractivity (Wildman–Crippen MR) is 49.6 cm³/mol. The quantitative estimate of drug-likeness (QED) is 0.697. The smallest absolute Gasteiger partial charge is 0.137 e. The zero-order valence-electron chi connectivity index (χ0n) is 7.44. The van der Waals surface area contributed by atoms with Crippen molar-refractivity contribution in [3.8, 4) is 18.2 Å². The number of hydrogen-bond acceptors (Lipinski definition) is 3. The standard InChI is InChI=1S/C11H7N3/c12-6-9(7-13)5-10-3-1-2-4-11(10)8-14/h1-4,9H,5H2. The molecule has 0 saturated carbocycles. The zero-order chi connectivity index (χ0) is 10.4. The topological polar surface area (TPSA) is 71.4 Å². The van der Waals surface area contributed by atoms with Crippen molar-refractivity contribution in [3.63, 3.8) is 0 Å². The van der Waals surface area contributed by atoms with E-state index in [0.29, 0.717) is 12.0 Å². The van der Waals surface area contributed by atoms with Crippen LogP contribution in [-0.4, -0.2) is 0 Å². The van der Waals surface area contributed by atoms with Crippen LogP contribution in [0.4, 0.5) is 0 Å². The minimum Gasteiger partial charge on any atom is -0.197 e. The van der Waals surface area contributed by atoms with Gasteiger partial charge in [-0.25, -0.2) is 0 Å². The summed E-state index contributed by atoms with van der Waals surface area (Å²) in [5, 5.41) is 26.0. The summed E-state index contributed by atoms with van der Waals surface area (Å²) in [7, 11) is 0. The maximum absolute atomic E-state index is 8.76. The Hall–Kier alpha value is -2.31. The van der Waals surface area contributed by atoms with Crippen LogP contribution in [0.15, 0.2) is 24.3 Å². The number of benzene rings is 1. The molecule has 1 aromatic rings. The molecule has 0 aromatic heterocycles. The van der Waals surface area contributed by atoms with Gasteiger partial charge < -0.3 is 0 Å². The lowest BCUT2D eigenvalue weighted by molar-refractivity contribution is 0.831.